The summed E-state index contributed by atoms with van der Waals surface area (Å²) in [5, 5.41) is 20.8. The Kier molecular flexibility index (Phi) is 4.29. The fourth-order valence-corrected chi connectivity index (χ4v) is 2.41. The number of carbonyl (C=O) groups is 2. The maximum atomic E-state index is 12.4. The second-order valence-corrected chi connectivity index (χ2v) is 4.94. The van der Waals surface area contributed by atoms with E-state index in [4.69, 9.17) is 5.11 Å². The first-order valence-electron chi connectivity index (χ1n) is 5.80. The third kappa shape index (κ3) is 3.42. The molecule has 2 rings (SSSR count). The van der Waals surface area contributed by atoms with Crippen molar-refractivity contribution in [3.8, 4) is 0 Å². The average molecular weight is 306 g/mol. The van der Waals surface area contributed by atoms with Gasteiger partial charge in [0.2, 0.25) is 0 Å². The molecule has 0 unspecified atom stereocenters. The van der Waals surface area contributed by atoms with Gasteiger partial charge in [-0.15, -0.1) is 0 Å². The molecule has 0 radical (unpaired) electrons. The Morgan fingerprint density at radius 1 is 1.29 bits per heavy atom. The number of anilines is 1. The first-order valence-corrected chi connectivity index (χ1v) is 6.68. The van der Waals surface area contributed by atoms with E-state index in [-0.39, 0.29) is 10.6 Å². The fraction of sp³-hybridized carbons (Fsp3) is 0.0769. The minimum atomic E-state index is -1.17. The molecule has 7 nitrogen and oxygen atoms in total. The quantitative estimate of drug-likeness (QED) is 0.675. The van der Waals surface area contributed by atoms with Crippen LogP contribution >= 0.6 is 11.3 Å². The summed E-state index contributed by atoms with van der Waals surface area (Å²) in [4.78, 5) is 34.4. The number of rotatable bonds is 5. The Morgan fingerprint density at radius 3 is 2.48 bits per heavy atom. The first-order chi connectivity index (χ1) is 9.99. The number of carbonyl (C=O) groups excluding carboxylic acids is 1. The number of thiophene rings is 1. The van der Waals surface area contributed by atoms with Crippen LogP contribution in [0.1, 0.15) is 10.4 Å². The molecule has 108 valence electrons. The molecule has 21 heavy (non-hydrogen) atoms. The van der Waals surface area contributed by atoms with E-state index in [1.165, 1.54) is 5.38 Å². The van der Waals surface area contributed by atoms with Gasteiger partial charge in [0, 0.05) is 17.1 Å². The van der Waals surface area contributed by atoms with Gasteiger partial charge in [-0.3, -0.25) is 24.6 Å². The number of carboxylic acid groups (broad SMARTS) is 1. The van der Waals surface area contributed by atoms with Gasteiger partial charge in [0.05, 0.1) is 10.5 Å². The number of aliphatic carboxylic acids is 1. The molecule has 1 N–H and O–H groups in total. The zero-order chi connectivity index (χ0) is 15.4. The predicted octanol–water partition coefficient (Wildman–Crippen LogP) is 2.39. The largest absolute Gasteiger partial charge is 0.480 e. The van der Waals surface area contributed by atoms with Crippen LogP contribution < -0.4 is 4.90 Å². The lowest BCUT2D eigenvalue weighted by Gasteiger charge is -2.20. The molecule has 1 aromatic heterocycles. The molecule has 0 aliphatic rings. The lowest BCUT2D eigenvalue weighted by Crippen LogP contribution is -2.35. The van der Waals surface area contributed by atoms with Crippen molar-refractivity contribution in [3.63, 3.8) is 0 Å². The maximum Gasteiger partial charge on any atom is 0.324 e. The number of amides is 1. The second kappa shape index (κ2) is 6.14. The fourth-order valence-electron chi connectivity index (χ4n) is 1.71. The summed E-state index contributed by atoms with van der Waals surface area (Å²) in [6, 6.07) is 9.43. The van der Waals surface area contributed by atoms with Crippen LogP contribution in [0, 0.1) is 10.1 Å². The van der Waals surface area contributed by atoms with Crippen molar-refractivity contribution < 1.29 is 19.6 Å². The van der Waals surface area contributed by atoms with Crippen LogP contribution in [0.15, 0.2) is 41.8 Å². The van der Waals surface area contributed by atoms with E-state index in [2.05, 4.69) is 0 Å². The number of carboxylic acids is 1. The van der Waals surface area contributed by atoms with Crippen LogP contribution in [0.2, 0.25) is 0 Å². The number of nitro groups is 1. The summed E-state index contributed by atoms with van der Waals surface area (Å²) < 4.78 is 0. The third-order valence-electron chi connectivity index (χ3n) is 2.62. The van der Waals surface area contributed by atoms with Crippen LogP contribution in [0.4, 0.5) is 10.7 Å². The van der Waals surface area contributed by atoms with Crippen LogP contribution in [0.5, 0.6) is 0 Å². The maximum absolute atomic E-state index is 12.4. The number of nitrogens with zero attached hydrogens (tertiary/aromatic N) is 2. The van der Waals surface area contributed by atoms with E-state index in [9.17, 15) is 19.7 Å². The number of benzene rings is 1. The van der Waals surface area contributed by atoms with Crippen molar-refractivity contribution in [2.75, 3.05) is 11.4 Å². The van der Waals surface area contributed by atoms with E-state index in [1.54, 1.807) is 30.3 Å². The molecule has 0 saturated heterocycles. The molecule has 0 spiro atoms. The summed E-state index contributed by atoms with van der Waals surface area (Å²) >= 11 is 0.823. The van der Waals surface area contributed by atoms with E-state index < -0.39 is 23.3 Å². The zero-order valence-electron chi connectivity index (χ0n) is 10.6. The predicted molar refractivity (Wildman–Crippen MR) is 76.7 cm³/mol. The summed E-state index contributed by atoms with van der Waals surface area (Å²) in [6.45, 7) is -0.521. The highest BCUT2D eigenvalue weighted by molar-refractivity contribution is 7.13. The Labute approximate surface area is 123 Å². The highest BCUT2D eigenvalue weighted by Gasteiger charge is 2.23. The van der Waals surface area contributed by atoms with Gasteiger partial charge >= 0.3 is 11.0 Å². The molecule has 0 atom stereocenters. The van der Waals surface area contributed by atoms with Crippen LogP contribution in [0.25, 0.3) is 0 Å². The van der Waals surface area contributed by atoms with Gasteiger partial charge in [-0.1, -0.05) is 29.5 Å². The van der Waals surface area contributed by atoms with E-state index in [0.717, 1.165) is 22.3 Å². The minimum Gasteiger partial charge on any atom is -0.480 e. The third-order valence-corrected chi connectivity index (χ3v) is 3.50. The smallest absolute Gasteiger partial charge is 0.324 e. The Morgan fingerprint density at radius 2 is 1.95 bits per heavy atom. The van der Waals surface area contributed by atoms with Crippen molar-refractivity contribution in [1.29, 1.82) is 0 Å². The highest BCUT2D eigenvalue weighted by atomic mass is 32.1. The molecule has 1 heterocycles. The van der Waals surface area contributed by atoms with Crippen molar-refractivity contribution >= 4 is 33.9 Å². The van der Waals surface area contributed by atoms with Gasteiger partial charge in [0.1, 0.15) is 6.54 Å². The summed E-state index contributed by atoms with van der Waals surface area (Å²) in [6.07, 6.45) is 0. The van der Waals surface area contributed by atoms with Crippen LogP contribution in [-0.2, 0) is 4.79 Å². The van der Waals surface area contributed by atoms with Crippen molar-refractivity contribution in [3.05, 3.63) is 57.5 Å². The average Bonchev–Trinajstić information content (AvgIpc) is 2.95. The van der Waals surface area contributed by atoms with Gasteiger partial charge in [0.25, 0.3) is 5.91 Å². The summed E-state index contributed by atoms with van der Waals surface area (Å²) in [7, 11) is 0. The Hall–Kier alpha value is -2.74. The number of para-hydroxylation sites is 1. The van der Waals surface area contributed by atoms with Gasteiger partial charge in [-0.25, -0.2) is 0 Å². The van der Waals surface area contributed by atoms with Crippen molar-refractivity contribution in [2.24, 2.45) is 0 Å². The van der Waals surface area contributed by atoms with Gasteiger partial charge in [-0.2, -0.15) is 0 Å². The molecular weight excluding hydrogens is 296 g/mol. The zero-order valence-corrected chi connectivity index (χ0v) is 11.4. The summed E-state index contributed by atoms with van der Waals surface area (Å²) in [5.74, 6) is -1.76. The second-order valence-electron chi connectivity index (χ2n) is 4.05. The van der Waals surface area contributed by atoms with Crippen molar-refractivity contribution in [1.82, 2.24) is 0 Å². The lowest BCUT2D eigenvalue weighted by atomic mass is 10.2. The number of hydrogen-bond acceptors (Lipinski definition) is 5. The first kappa shape index (κ1) is 14.7. The molecule has 0 saturated carbocycles. The molecule has 1 aromatic carbocycles. The molecule has 1 amide bonds. The van der Waals surface area contributed by atoms with E-state index in [1.807, 2.05) is 0 Å². The lowest BCUT2D eigenvalue weighted by molar-refractivity contribution is -0.380. The monoisotopic (exact) mass is 306 g/mol. The van der Waals surface area contributed by atoms with Crippen molar-refractivity contribution in [2.45, 2.75) is 0 Å². The number of hydrogen-bond donors (Lipinski definition) is 1. The molecule has 0 aliphatic heterocycles. The van der Waals surface area contributed by atoms with E-state index in [0.29, 0.717) is 5.69 Å². The Balaban J connectivity index is 2.33. The van der Waals surface area contributed by atoms with Gasteiger partial charge < -0.3 is 5.11 Å². The minimum absolute atomic E-state index is 0.0943. The standard InChI is InChI=1S/C13H10N2O5S/c16-12(17)7-14(10-4-2-1-3-5-10)13(18)9-6-11(15(19)20)21-8-9/h1-6,8H,7H2,(H,16,17). The SMILES string of the molecule is O=C(O)CN(C(=O)c1csc([N+](=O)[O-])c1)c1ccccc1. The topological polar surface area (TPSA) is 101 Å². The highest BCUT2D eigenvalue weighted by Crippen LogP contribution is 2.25. The molecular formula is C13H10N2O5S. The van der Waals surface area contributed by atoms with Gasteiger partial charge in [0.15, 0.2) is 0 Å². The Bertz CT molecular complexity index is 683. The normalized spacial score (nSPS) is 10.1. The molecule has 0 fully saturated rings. The molecule has 8 heteroatoms. The molecule has 0 bridgehead atoms. The van der Waals surface area contributed by atoms with Crippen LogP contribution in [-0.4, -0.2) is 28.5 Å². The molecule has 0 aliphatic carbocycles. The van der Waals surface area contributed by atoms with E-state index >= 15 is 0 Å². The summed E-state index contributed by atoms with van der Waals surface area (Å²) in [5.41, 5.74) is 0.510. The van der Waals surface area contributed by atoms with Gasteiger partial charge in [-0.05, 0) is 12.1 Å². The molecule has 2 aromatic rings. The van der Waals surface area contributed by atoms with Crippen LogP contribution in [0.3, 0.4) is 0 Å².